The van der Waals surface area contributed by atoms with Gasteiger partial charge in [-0.2, -0.15) is 5.10 Å². The van der Waals surface area contributed by atoms with Crippen molar-refractivity contribution in [3.63, 3.8) is 0 Å². The Morgan fingerprint density at radius 1 is 1.24 bits per heavy atom. The molecule has 3 aromatic heterocycles. The second kappa shape index (κ2) is 6.41. The lowest BCUT2D eigenvalue weighted by atomic mass is 10.2. The summed E-state index contributed by atoms with van der Waals surface area (Å²) in [5.41, 5.74) is 2.90. The van der Waals surface area contributed by atoms with Gasteiger partial charge in [0.2, 0.25) is 0 Å². The van der Waals surface area contributed by atoms with Gasteiger partial charge in [-0.25, -0.2) is 4.98 Å². The minimum absolute atomic E-state index is 0.236. The number of aromatic nitrogens is 4. The molecular formula is C18H14ClN5O. The summed E-state index contributed by atoms with van der Waals surface area (Å²) in [6.45, 7) is 0.612. The van der Waals surface area contributed by atoms with Gasteiger partial charge in [0.1, 0.15) is 5.65 Å². The molecule has 4 rings (SSSR count). The van der Waals surface area contributed by atoms with E-state index in [1.807, 2.05) is 30.3 Å². The molecule has 0 saturated heterocycles. The van der Waals surface area contributed by atoms with E-state index in [0.717, 1.165) is 10.9 Å². The molecule has 0 bridgehead atoms. The summed E-state index contributed by atoms with van der Waals surface area (Å²) in [6.07, 6.45) is 6.53. The summed E-state index contributed by atoms with van der Waals surface area (Å²) >= 11 is 5.98. The highest BCUT2D eigenvalue weighted by molar-refractivity contribution is 6.31. The Labute approximate surface area is 148 Å². The number of pyridine rings is 1. The largest absolute Gasteiger partial charge is 0.344 e. The number of hydrogen-bond donors (Lipinski definition) is 2. The number of H-pyrrole nitrogens is 1. The number of fused-ring (bicyclic) bond motifs is 1. The molecule has 1 amide bonds. The third-order valence-corrected chi connectivity index (χ3v) is 4.04. The quantitative estimate of drug-likeness (QED) is 0.588. The highest BCUT2D eigenvalue weighted by Gasteiger charge is 2.12. The summed E-state index contributed by atoms with van der Waals surface area (Å²) in [7, 11) is 0. The van der Waals surface area contributed by atoms with E-state index in [-0.39, 0.29) is 5.91 Å². The Balaban J connectivity index is 1.52. The number of nitrogens with one attached hydrogen (secondary N) is 2. The Morgan fingerprint density at radius 3 is 2.92 bits per heavy atom. The maximum absolute atomic E-state index is 12.5. The number of rotatable bonds is 4. The molecule has 6 nitrogen and oxygen atoms in total. The van der Waals surface area contributed by atoms with E-state index < -0.39 is 0 Å². The lowest BCUT2D eigenvalue weighted by Crippen LogP contribution is -2.10. The first-order valence-corrected chi connectivity index (χ1v) is 8.07. The first-order chi connectivity index (χ1) is 12.2. The smallest absolute Gasteiger partial charge is 0.258 e. The number of anilines is 1. The molecule has 0 fully saturated rings. The first kappa shape index (κ1) is 15.4. The number of aromatic amines is 1. The van der Waals surface area contributed by atoms with Gasteiger partial charge in [-0.15, -0.1) is 0 Å². The van der Waals surface area contributed by atoms with E-state index in [0.29, 0.717) is 28.5 Å². The highest BCUT2D eigenvalue weighted by Crippen LogP contribution is 2.24. The maximum atomic E-state index is 12.5. The van der Waals surface area contributed by atoms with Crippen LogP contribution in [0.1, 0.15) is 15.9 Å². The van der Waals surface area contributed by atoms with Crippen molar-refractivity contribution in [2.45, 2.75) is 6.54 Å². The van der Waals surface area contributed by atoms with E-state index in [4.69, 9.17) is 11.6 Å². The van der Waals surface area contributed by atoms with Crippen molar-refractivity contribution in [2.24, 2.45) is 0 Å². The van der Waals surface area contributed by atoms with Gasteiger partial charge in [-0.3, -0.25) is 9.48 Å². The number of benzene rings is 1. The lowest BCUT2D eigenvalue weighted by Gasteiger charge is -2.02. The summed E-state index contributed by atoms with van der Waals surface area (Å²) in [5.74, 6) is -0.236. The molecule has 2 N–H and O–H groups in total. The van der Waals surface area contributed by atoms with Crippen LogP contribution in [0.25, 0.3) is 11.0 Å². The number of amides is 1. The summed E-state index contributed by atoms with van der Waals surface area (Å²) in [4.78, 5) is 19.7. The van der Waals surface area contributed by atoms with Crippen LogP contribution in [-0.4, -0.2) is 25.7 Å². The van der Waals surface area contributed by atoms with Crippen LogP contribution < -0.4 is 5.32 Å². The molecule has 124 valence electrons. The van der Waals surface area contributed by atoms with Crippen LogP contribution in [0.15, 0.2) is 61.2 Å². The van der Waals surface area contributed by atoms with Gasteiger partial charge in [0.25, 0.3) is 5.91 Å². The molecule has 0 spiro atoms. The predicted molar refractivity (Wildman–Crippen MR) is 96.8 cm³/mol. The van der Waals surface area contributed by atoms with Gasteiger partial charge in [-0.1, -0.05) is 41.9 Å². The average molecular weight is 352 g/mol. The minimum atomic E-state index is -0.236. The van der Waals surface area contributed by atoms with Crippen molar-refractivity contribution in [2.75, 3.05) is 5.32 Å². The van der Waals surface area contributed by atoms with Crippen molar-refractivity contribution in [1.29, 1.82) is 0 Å². The molecule has 0 radical (unpaired) electrons. The molecule has 25 heavy (non-hydrogen) atoms. The van der Waals surface area contributed by atoms with Gasteiger partial charge < -0.3 is 10.3 Å². The van der Waals surface area contributed by atoms with Crippen LogP contribution in [0.3, 0.4) is 0 Å². The SMILES string of the molecule is O=C(Nc1c[nH]c2ncc(Cl)cc12)c1cnn(Cc2ccccc2)c1. The number of carbonyl (C=O) groups is 1. The topological polar surface area (TPSA) is 75.6 Å². The molecule has 0 atom stereocenters. The second-order valence-electron chi connectivity index (χ2n) is 5.62. The Kier molecular flexibility index (Phi) is 3.95. The van der Waals surface area contributed by atoms with Crippen molar-refractivity contribution < 1.29 is 4.79 Å². The minimum Gasteiger partial charge on any atom is -0.344 e. The fraction of sp³-hybridized carbons (Fsp3) is 0.0556. The summed E-state index contributed by atoms with van der Waals surface area (Å²) < 4.78 is 1.73. The summed E-state index contributed by atoms with van der Waals surface area (Å²) in [5, 5.41) is 8.39. The normalized spacial score (nSPS) is 10.9. The second-order valence-corrected chi connectivity index (χ2v) is 6.05. The van der Waals surface area contributed by atoms with E-state index in [1.165, 1.54) is 0 Å². The van der Waals surface area contributed by atoms with E-state index in [1.54, 1.807) is 35.5 Å². The van der Waals surface area contributed by atoms with Crippen LogP contribution in [0, 0.1) is 0 Å². The summed E-state index contributed by atoms with van der Waals surface area (Å²) in [6, 6.07) is 11.7. The fourth-order valence-electron chi connectivity index (χ4n) is 2.61. The van der Waals surface area contributed by atoms with E-state index in [9.17, 15) is 4.79 Å². The van der Waals surface area contributed by atoms with Crippen molar-refractivity contribution in [1.82, 2.24) is 19.7 Å². The monoisotopic (exact) mass is 351 g/mol. The molecule has 4 aromatic rings. The molecule has 7 heteroatoms. The molecule has 3 heterocycles. The molecule has 1 aromatic carbocycles. The molecule has 0 saturated carbocycles. The Morgan fingerprint density at radius 2 is 2.08 bits per heavy atom. The van der Waals surface area contributed by atoms with Crippen LogP contribution in [0.4, 0.5) is 5.69 Å². The predicted octanol–water partition coefficient (Wildman–Crippen LogP) is 3.71. The van der Waals surface area contributed by atoms with E-state index in [2.05, 4.69) is 20.4 Å². The van der Waals surface area contributed by atoms with Crippen LogP contribution in [-0.2, 0) is 6.54 Å². The van der Waals surface area contributed by atoms with Gasteiger partial charge in [0.05, 0.1) is 29.0 Å². The first-order valence-electron chi connectivity index (χ1n) is 7.69. The Bertz CT molecular complexity index is 1040. The van der Waals surface area contributed by atoms with Crippen molar-refractivity contribution in [3.8, 4) is 0 Å². The highest BCUT2D eigenvalue weighted by atomic mass is 35.5. The van der Waals surface area contributed by atoms with Crippen molar-refractivity contribution >= 4 is 34.2 Å². The average Bonchev–Trinajstić information content (AvgIpc) is 3.23. The number of hydrogen-bond acceptors (Lipinski definition) is 3. The molecular weight excluding hydrogens is 338 g/mol. The lowest BCUT2D eigenvalue weighted by molar-refractivity contribution is 0.102. The number of halogens is 1. The van der Waals surface area contributed by atoms with Crippen LogP contribution in [0.2, 0.25) is 5.02 Å². The van der Waals surface area contributed by atoms with Crippen LogP contribution in [0.5, 0.6) is 0 Å². The van der Waals surface area contributed by atoms with E-state index >= 15 is 0 Å². The third-order valence-electron chi connectivity index (χ3n) is 3.83. The molecule has 0 aliphatic carbocycles. The van der Waals surface area contributed by atoms with Gasteiger partial charge in [-0.05, 0) is 11.6 Å². The van der Waals surface area contributed by atoms with Crippen molar-refractivity contribution in [3.05, 3.63) is 77.3 Å². The zero-order valence-corrected chi connectivity index (χ0v) is 13.9. The molecule has 0 aliphatic rings. The maximum Gasteiger partial charge on any atom is 0.258 e. The number of carbonyl (C=O) groups excluding carboxylic acids is 1. The van der Waals surface area contributed by atoms with Gasteiger partial charge >= 0.3 is 0 Å². The standard InChI is InChI=1S/C18H14ClN5O/c19-14-6-15-16(9-21-17(15)20-8-14)23-18(25)13-7-22-24(11-13)10-12-4-2-1-3-5-12/h1-9,11H,10H2,(H,20,21)(H,23,25). The molecule has 0 aliphatic heterocycles. The fourth-order valence-corrected chi connectivity index (χ4v) is 2.77. The van der Waals surface area contributed by atoms with Gasteiger partial charge in [0, 0.05) is 24.0 Å². The molecule has 0 unspecified atom stereocenters. The van der Waals surface area contributed by atoms with Gasteiger partial charge in [0.15, 0.2) is 0 Å². The number of nitrogens with zero attached hydrogens (tertiary/aromatic N) is 3. The zero-order chi connectivity index (χ0) is 17.2. The van der Waals surface area contributed by atoms with Crippen LogP contribution >= 0.6 is 11.6 Å². The zero-order valence-electron chi connectivity index (χ0n) is 13.1. The third kappa shape index (κ3) is 3.25. The Hall–Kier alpha value is -3.12.